The fourth-order valence-corrected chi connectivity index (χ4v) is 3.82. The minimum Gasteiger partial charge on any atom is -0.495 e. The van der Waals surface area contributed by atoms with Crippen LogP contribution in [-0.2, 0) is 10.0 Å². The quantitative estimate of drug-likeness (QED) is 0.871. The summed E-state index contributed by atoms with van der Waals surface area (Å²) >= 11 is 11.9. The van der Waals surface area contributed by atoms with Crippen LogP contribution < -0.4 is 9.46 Å². The fourth-order valence-electron chi connectivity index (χ4n) is 1.70. The summed E-state index contributed by atoms with van der Waals surface area (Å²) in [7, 11) is -2.24. The van der Waals surface area contributed by atoms with Crippen LogP contribution in [0.15, 0.2) is 17.0 Å². The van der Waals surface area contributed by atoms with Gasteiger partial charge in [0.25, 0.3) is 0 Å². The van der Waals surface area contributed by atoms with Gasteiger partial charge in [-0.05, 0) is 25.5 Å². The van der Waals surface area contributed by atoms with Gasteiger partial charge < -0.3 is 4.74 Å². The highest BCUT2D eigenvalue weighted by atomic mass is 35.5. The van der Waals surface area contributed by atoms with Crippen LogP contribution in [0.25, 0.3) is 0 Å². The molecule has 0 aliphatic heterocycles. The molecule has 108 valence electrons. The predicted octanol–water partition coefficient (Wildman–Crippen LogP) is 3.47. The van der Waals surface area contributed by atoms with E-state index in [0.29, 0.717) is 5.75 Å². The first-order valence-electron chi connectivity index (χ1n) is 5.87. The minimum atomic E-state index is -3.68. The van der Waals surface area contributed by atoms with Crippen molar-refractivity contribution in [2.45, 2.75) is 37.6 Å². The van der Waals surface area contributed by atoms with E-state index in [1.165, 1.54) is 19.2 Å². The summed E-state index contributed by atoms with van der Waals surface area (Å²) < 4.78 is 31.9. The zero-order valence-electron chi connectivity index (χ0n) is 11.0. The van der Waals surface area contributed by atoms with Crippen LogP contribution in [-0.4, -0.2) is 21.6 Å². The van der Waals surface area contributed by atoms with Crippen molar-refractivity contribution in [2.24, 2.45) is 0 Å². The fraction of sp³-hybridized carbons (Fsp3) is 0.500. The Morgan fingerprint density at radius 2 is 1.95 bits per heavy atom. The third-order valence-electron chi connectivity index (χ3n) is 2.60. The number of benzene rings is 1. The van der Waals surface area contributed by atoms with E-state index >= 15 is 0 Å². The van der Waals surface area contributed by atoms with Crippen LogP contribution in [0.4, 0.5) is 0 Å². The van der Waals surface area contributed by atoms with Crippen LogP contribution >= 0.6 is 23.2 Å². The summed E-state index contributed by atoms with van der Waals surface area (Å²) in [5, 5.41) is 0.0624. The van der Waals surface area contributed by atoms with Gasteiger partial charge in [-0.1, -0.05) is 36.5 Å². The molecule has 0 aromatic heterocycles. The van der Waals surface area contributed by atoms with Crippen LogP contribution in [0.2, 0.25) is 10.0 Å². The van der Waals surface area contributed by atoms with Gasteiger partial charge in [-0.2, -0.15) is 0 Å². The highest BCUT2D eigenvalue weighted by molar-refractivity contribution is 7.89. The lowest BCUT2D eigenvalue weighted by atomic mass is 10.2. The maximum Gasteiger partial charge on any atom is 0.242 e. The molecule has 1 aromatic carbocycles. The molecule has 4 nitrogen and oxygen atoms in total. The summed E-state index contributed by atoms with van der Waals surface area (Å²) in [6, 6.07) is 2.70. The first-order chi connectivity index (χ1) is 8.83. The standard InChI is InChI=1S/C12H17Cl2NO3S/c1-4-5-8(2)15-19(16,17)10-7-6-9(18-3)11(13)12(10)14/h6-8,15H,4-5H2,1-3H3/t8-/m0/s1. The summed E-state index contributed by atoms with van der Waals surface area (Å²) in [5.41, 5.74) is 0. The van der Waals surface area contributed by atoms with Gasteiger partial charge in [-0.25, -0.2) is 13.1 Å². The largest absolute Gasteiger partial charge is 0.495 e. The zero-order chi connectivity index (χ0) is 14.6. The molecular formula is C12H17Cl2NO3S. The summed E-state index contributed by atoms with van der Waals surface area (Å²) in [4.78, 5) is -0.0390. The summed E-state index contributed by atoms with van der Waals surface area (Å²) in [6.45, 7) is 3.79. The third-order valence-corrected chi connectivity index (χ3v) is 5.21. The van der Waals surface area contributed by atoms with Gasteiger partial charge in [-0.3, -0.25) is 0 Å². The van der Waals surface area contributed by atoms with Crippen molar-refractivity contribution in [3.63, 3.8) is 0 Å². The number of hydrogen-bond acceptors (Lipinski definition) is 3. The normalized spacial score (nSPS) is 13.3. The number of hydrogen-bond donors (Lipinski definition) is 1. The van der Waals surface area contributed by atoms with Gasteiger partial charge in [0.1, 0.15) is 15.7 Å². The van der Waals surface area contributed by atoms with Crippen molar-refractivity contribution in [3.8, 4) is 5.75 Å². The van der Waals surface area contributed by atoms with Crippen LogP contribution in [0.3, 0.4) is 0 Å². The van der Waals surface area contributed by atoms with E-state index in [9.17, 15) is 8.42 Å². The number of ether oxygens (including phenoxy) is 1. The van der Waals surface area contributed by atoms with Crippen molar-refractivity contribution in [1.82, 2.24) is 4.72 Å². The number of halogens is 2. The van der Waals surface area contributed by atoms with Crippen molar-refractivity contribution in [3.05, 3.63) is 22.2 Å². The lowest BCUT2D eigenvalue weighted by molar-refractivity contribution is 0.414. The molecule has 1 N–H and O–H groups in total. The van der Waals surface area contributed by atoms with Crippen molar-refractivity contribution in [2.75, 3.05) is 7.11 Å². The van der Waals surface area contributed by atoms with Gasteiger partial charge in [0.2, 0.25) is 10.0 Å². The number of rotatable bonds is 6. The van der Waals surface area contributed by atoms with Crippen LogP contribution in [0.5, 0.6) is 5.75 Å². The lowest BCUT2D eigenvalue weighted by Gasteiger charge is -2.15. The lowest BCUT2D eigenvalue weighted by Crippen LogP contribution is -2.32. The Hall–Kier alpha value is -0.490. The highest BCUT2D eigenvalue weighted by Crippen LogP contribution is 2.36. The minimum absolute atomic E-state index is 0.0304. The van der Waals surface area contributed by atoms with E-state index < -0.39 is 10.0 Å². The Kier molecular flexibility index (Phi) is 5.92. The van der Waals surface area contributed by atoms with Crippen molar-refractivity contribution >= 4 is 33.2 Å². The Labute approximate surface area is 124 Å². The number of nitrogens with one attached hydrogen (secondary N) is 1. The van der Waals surface area contributed by atoms with E-state index in [-0.39, 0.29) is 21.0 Å². The average Bonchev–Trinajstić information content (AvgIpc) is 2.31. The molecule has 0 amide bonds. The average molecular weight is 326 g/mol. The van der Waals surface area contributed by atoms with Crippen LogP contribution in [0.1, 0.15) is 26.7 Å². The molecule has 19 heavy (non-hydrogen) atoms. The van der Waals surface area contributed by atoms with E-state index in [2.05, 4.69) is 4.72 Å². The molecule has 7 heteroatoms. The highest BCUT2D eigenvalue weighted by Gasteiger charge is 2.23. The Morgan fingerprint density at radius 1 is 1.32 bits per heavy atom. The maximum absolute atomic E-state index is 12.2. The molecule has 0 aliphatic carbocycles. The Morgan fingerprint density at radius 3 is 2.47 bits per heavy atom. The molecule has 0 unspecified atom stereocenters. The molecule has 1 atom stereocenters. The Bertz CT molecular complexity index is 546. The van der Waals surface area contributed by atoms with Gasteiger partial charge in [0, 0.05) is 6.04 Å². The molecule has 0 spiro atoms. The molecule has 0 saturated carbocycles. The first-order valence-corrected chi connectivity index (χ1v) is 8.11. The second-order valence-corrected chi connectivity index (χ2v) is 6.64. The molecule has 0 aliphatic rings. The molecule has 0 radical (unpaired) electrons. The van der Waals surface area contributed by atoms with E-state index in [1.54, 1.807) is 6.92 Å². The molecule has 0 bridgehead atoms. The van der Waals surface area contributed by atoms with Crippen molar-refractivity contribution in [1.29, 1.82) is 0 Å². The number of sulfonamides is 1. The Balaban J connectivity index is 3.12. The molecule has 0 saturated heterocycles. The van der Waals surface area contributed by atoms with Gasteiger partial charge in [-0.15, -0.1) is 0 Å². The summed E-state index contributed by atoms with van der Waals surface area (Å²) in [5.74, 6) is 0.340. The monoisotopic (exact) mass is 325 g/mol. The van der Waals surface area contributed by atoms with Crippen LogP contribution in [0, 0.1) is 0 Å². The van der Waals surface area contributed by atoms with Gasteiger partial charge in [0.15, 0.2) is 0 Å². The van der Waals surface area contributed by atoms with E-state index in [1.807, 2.05) is 6.92 Å². The van der Waals surface area contributed by atoms with E-state index in [0.717, 1.165) is 12.8 Å². The maximum atomic E-state index is 12.2. The predicted molar refractivity (Wildman–Crippen MR) is 77.7 cm³/mol. The number of methoxy groups -OCH3 is 1. The molecule has 1 rings (SSSR count). The SMILES string of the molecule is CCC[C@H](C)NS(=O)(=O)c1ccc(OC)c(Cl)c1Cl. The summed E-state index contributed by atoms with van der Waals surface area (Å²) in [6.07, 6.45) is 1.64. The van der Waals surface area contributed by atoms with Gasteiger partial charge in [0.05, 0.1) is 12.1 Å². The topological polar surface area (TPSA) is 55.4 Å². The van der Waals surface area contributed by atoms with Crippen molar-refractivity contribution < 1.29 is 13.2 Å². The second kappa shape index (κ2) is 6.79. The zero-order valence-corrected chi connectivity index (χ0v) is 13.4. The second-order valence-electron chi connectivity index (χ2n) is 4.20. The van der Waals surface area contributed by atoms with Gasteiger partial charge >= 0.3 is 0 Å². The molecule has 0 heterocycles. The molecule has 0 fully saturated rings. The first kappa shape index (κ1) is 16.6. The molecule has 1 aromatic rings. The van der Waals surface area contributed by atoms with E-state index in [4.69, 9.17) is 27.9 Å². The smallest absolute Gasteiger partial charge is 0.242 e. The molecular weight excluding hydrogens is 309 g/mol. The third kappa shape index (κ3) is 3.99.